The lowest BCUT2D eigenvalue weighted by atomic mass is 10.2. The molecule has 2 rings (SSSR count). The molecule has 1 unspecified atom stereocenters. The Morgan fingerprint density at radius 1 is 1.47 bits per heavy atom. The number of aromatic nitrogens is 4. The number of nitrogens with zero attached hydrogens (tertiary/aromatic N) is 3. The highest BCUT2D eigenvalue weighted by Gasteiger charge is 2.15. The van der Waals surface area contributed by atoms with Gasteiger partial charge >= 0.3 is 0 Å². The molecule has 1 aromatic carbocycles. The van der Waals surface area contributed by atoms with E-state index in [0.29, 0.717) is 5.82 Å². The first kappa shape index (κ1) is 13.4. The van der Waals surface area contributed by atoms with E-state index in [1.807, 2.05) is 0 Å². The monoisotopic (exact) mass is 286 g/mol. The van der Waals surface area contributed by atoms with Crippen LogP contribution < -0.4 is 10.5 Å². The van der Waals surface area contributed by atoms with E-state index < -0.39 is 21.9 Å². The third kappa shape index (κ3) is 3.03. The van der Waals surface area contributed by atoms with E-state index in [1.165, 1.54) is 12.1 Å². The lowest BCUT2D eigenvalue weighted by Crippen LogP contribution is -2.14. The number of aromatic amines is 1. The molecule has 0 saturated heterocycles. The molecular weight excluding hydrogens is 275 g/mol. The van der Waals surface area contributed by atoms with Gasteiger partial charge in [0, 0.05) is 0 Å². The topological polar surface area (TPSA) is 127 Å². The number of hydrogen-bond donors (Lipinski definition) is 3. The summed E-state index contributed by atoms with van der Waals surface area (Å²) in [6.45, 7) is 1.71. The van der Waals surface area contributed by atoms with Crippen LogP contribution in [0.25, 0.3) is 0 Å². The maximum Gasteiger partial charge on any atom is 0.238 e. The quantitative estimate of drug-likeness (QED) is 0.734. The molecule has 0 saturated carbocycles. The molecule has 0 fully saturated rings. The van der Waals surface area contributed by atoms with Crippen LogP contribution in [-0.2, 0) is 10.0 Å². The second-order valence-electron chi connectivity index (χ2n) is 3.82. The molecule has 102 valence electrons. The highest BCUT2D eigenvalue weighted by Crippen LogP contribution is 2.21. The number of tetrazole rings is 1. The number of halogens is 1. The summed E-state index contributed by atoms with van der Waals surface area (Å²) in [5.41, 5.74) is 0.115. The van der Waals surface area contributed by atoms with Crippen molar-refractivity contribution in [3.8, 4) is 0 Å². The molecule has 0 spiro atoms. The van der Waals surface area contributed by atoms with Gasteiger partial charge < -0.3 is 5.32 Å². The smallest absolute Gasteiger partial charge is 0.238 e. The van der Waals surface area contributed by atoms with Crippen molar-refractivity contribution in [1.29, 1.82) is 0 Å². The van der Waals surface area contributed by atoms with E-state index >= 15 is 0 Å². The second kappa shape index (κ2) is 4.90. The van der Waals surface area contributed by atoms with Crippen molar-refractivity contribution in [2.75, 3.05) is 5.32 Å². The van der Waals surface area contributed by atoms with Crippen molar-refractivity contribution in [1.82, 2.24) is 20.6 Å². The molecule has 0 aliphatic heterocycles. The van der Waals surface area contributed by atoms with Crippen molar-refractivity contribution >= 4 is 15.7 Å². The number of nitrogens with two attached hydrogens (primary N) is 1. The fourth-order valence-electron chi connectivity index (χ4n) is 1.44. The molecule has 4 N–H and O–H groups in total. The lowest BCUT2D eigenvalue weighted by Gasteiger charge is -2.12. The van der Waals surface area contributed by atoms with Crippen molar-refractivity contribution in [2.45, 2.75) is 17.9 Å². The predicted octanol–water partition coefficient (Wildman–Crippen LogP) is 0.159. The summed E-state index contributed by atoms with van der Waals surface area (Å²) in [6, 6.07) is 2.95. The minimum absolute atomic E-state index is 0.115. The van der Waals surface area contributed by atoms with Gasteiger partial charge in [-0.2, -0.15) is 5.21 Å². The van der Waals surface area contributed by atoms with Gasteiger partial charge in [-0.1, -0.05) is 5.21 Å². The molecule has 19 heavy (non-hydrogen) atoms. The van der Waals surface area contributed by atoms with E-state index in [0.717, 1.165) is 6.07 Å². The zero-order chi connectivity index (χ0) is 14.0. The van der Waals surface area contributed by atoms with Crippen LogP contribution in [0.2, 0.25) is 0 Å². The number of primary sulfonamides is 1. The summed E-state index contributed by atoms with van der Waals surface area (Å²) in [5.74, 6) is -0.378. The number of hydrogen-bond acceptors (Lipinski definition) is 6. The van der Waals surface area contributed by atoms with Crippen LogP contribution in [0.5, 0.6) is 0 Å². The third-order valence-electron chi connectivity index (χ3n) is 2.39. The fraction of sp³-hybridized carbons (Fsp3) is 0.222. The Hall–Kier alpha value is -2.07. The van der Waals surface area contributed by atoms with Crippen molar-refractivity contribution < 1.29 is 12.8 Å². The maximum atomic E-state index is 13.7. The fourth-order valence-corrected chi connectivity index (χ4v) is 1.97. The Morgan fingerprint density at radius 2 is 2.21 bits per heavy atom. The van der Waals surface area contributed by atoms with Crippen LogP contribution >= 0.6 is 0 Å². The molecule has 2 aromatic rings. The summed E-state index contributed by atoms with van der Waals surface area (Å²) in [7, 11) is -3.92. The first-order valence-electron chi connectivity index (χ1n) is 5.20. The van der Waals surface area contributed by atoms with E-state index in [9.17, 15) is 12.8 Å². The number of rotatable bonds is 4. The molecule has 10 heteroatoms. The van der Waals surface area contributed by atoms with Gasteiger partial charge in [0.25, 0.3) is 0 Å². The normalized spacial score (nSPS) is 13.2. The zero-order valence-corrected chi connectivity index (χ0v) is 10.6. The summed E-state index contributed by atoms with van der Waals surface area (Å²) < 4.78 is 35.9. The van der Waals surface area contributed by atoms with Gasteiger partial charge in [-0.15, -0.1) is 10.2 Å². The Bertz CT molecular complexity index is 672. The summed E-state index contributed by atoms with van der Waals surface area (Å²) >= 11 is 0. The standard InChI is InChI=1S/C9H11FN6O2S/c1-5(9-13-15-16-14-9)12-8-3-2-6(4-7(8)10)19(11,17)18/h2-5,12H,1H3,(H2,11,17,18)(H,13,14,15,16). The van der Waals surface area contributed by atoms with Crippen LogP contribution in [0.4, 0.5) is 10.1 Å². The molecule has 0 aliphatic carbocycles. The van der Waals surface area contributed by atoms with Crippen LogP contribution in [-0.4, -0.2) is 29.0 Å². The van der Waals surface area contributed by atoms with E-state index in [-0.39, 0.29) is 10.6 Å². The van der Waals surface area contributed by atoms with Gasteiger partial charge in [-0.25, -0.2) is 17.9 Å². The highest BCUT2D eigenvalue weighted by molar-refractivity contribution is 7.89. The van der Waals surface area contributed by atoms with Crippen LogP contribution in [0.15, 0.2) is 23.1 Å². The molecule has 1 heterocycles. The first-order chi connectivity index (χ1) is 8.88. The minimum atomic E-state index is -3.92. The van der Waals surface area contributed by atoms with Gasteiger partial charge in [0.15, 0.2) is 5.82 Å². The Morgan fingerprint density at radius 3 is 2.74 bits per heavy atom. The molecule has 0 bridgehead atoms. The van der Waals surface area contributed by atoms with Crippen LogP contribution in [0.3, 0.4) is 0 Å². The summed E-state index contributed by atoms with van der Waals surface area (Å²) in [4.78, 5) is -0.289. The van der Waals surface area contributed by atoms with Gasteiger partial charge in [-0.05, 0) is 25.1 Å². The van der Waals surface area contributed by atoms with Gasteiger partial charge in [-0.3, -0.25) is 0 Å². The SMILES string of the molecule is CC(Nc1ccc(S(N)(=O)=O)cc1F)c1nn[nH]n1. The minimum Gasteiger partial charge on any atom is -0.373 e. The molecule has 0 radical (unpaired) electrons. The van der Waals surface area contributed by atoms with Crippen molar-refractivity contribution in [3.63, 3.8) is 0 Å². The first-order valence-corrected chi connectivity index (χ1v) is 6.75. The summed E-state index contributed by atoms with van der Waals surface area (Å²) in [6.07, 6.45) is 0. The summed E-state index contributed by atoms with van der Waals surface area (Å²) in [5, 5.41) is 20.9. The van der Waals surface area contributed by atoms with Gasteiger partial charge in [0.2, 0.25) is 10.0 Å². The van der Waals surface area contributed by atoms with Crippen LogP contribution in [0, 0.1) is 5.82 Å². The number of benzene rings is 1. The second-order valence-corrected chi connectivity index (χ2v) is 5.38. The van der Waals surface area contributed by atoms with E-state index in [2.05, 4.69) is 25.9 Å². The highest BCUT2D eigenvalue weighted by atomic mass is 32.2. The molecular formula is C9H11FN6O2S. The maximum absolute atomic E-state index is 13.7. The molecule has 1 atom stereocenters. The van der Waals surface area contributed by atoms with Gasteiger partial charge in [0.1, 0.15) is 5.82 Å². The van der Waals surface area contributed by atoms with Gasteiger partial charge in [0.05, 0.1) is 16.6 Å². The molecule has 8 nitrogen and oxygen atoms in total. The number of sulfonamides is 1. The number of anilines is 1. The third-order valence-corrected chi connectivity index (χ3v) is 3.30. The zero-order valence-electron chi connectivity index (χ0n) is 9.83. The molecule has 0 amide bonds. The molecule has 1 aromatic heterocycles. The van der Waals surface area contributed by atoms with Crippen molar-refractivity contribution in [2.24, 2.45) is 5.14 Å². The van der Waals surface area contributed by atoms with E-state index in [4.69, 9.17) is 5.14 Å². The van der Waals surface area contributed by atoms with E-state index in [1.54, 1.807) is 6.92 Å². The lowest BCUT2D eigenvalue weighted by molar-refractivity contribution is 0.592. The van der Waals surface area contributed by atoms with Crippen molar-refractivity contribution in [3.05, 3.63) is 29.8 Å². The number of nitrogens with one attached hydrogen (secondary N) is 2. The predicted molar refractivity (Wildman–Crippen MR) is 64.0 cm³/mol. The average Bonchev–Trinajstić information content (AvgIpc) is 2.84. The Balaban J connectivity index is 2.23. The average molecular weight is 286 g/mol. The number of H-pyrrole nitrogens is 1. The van der Waals surface area contributed by atoms with Crippen LogP contribution in [0.1, 0.15) is 18.8 Å². The largest absolute Gasteiger partial charge is 0.373 e. The Labute approximate surface area is 108 Å². The Kier molecular flexibility index (Phi) is 3.44. The molecule has 0 aliphatic rings.